The lowest BCUT2D eigenvalue weighted by Crippen LogP contribution is -2.68. The van der Waals surface area contributed by atoms with Crippen LogP contribution >= 0.6 is 0 Å². The Morgan fingerprint density at radius 2 is 1.23 bits per heavy atom. The molecule has 21 heteroatoms. The SMILES string of the molecule is CCCCCC1CCCCCCCCCC(=O)O[C@@H]2[C@@H](O[C@@H]3O[C@H](C)[C@@H](OC(=O)C(C)CC)[C@H](O)[C@H]3O)[C@H](C)O[C@@H](O[C@H]3[C@H](O[C@H]4[C@H](O1)O[C@H](C)[C@@H](O)[C@@H]4O)O[C@H](CO)[C@@H](O)[C@@H]3O)[C@@H]2OC(=O)CCC. The molecule has 2 bridgehead atoms. The smallest absolute Gasteiger partial charge is 0.309 e. The summed E-state index contributed by atoms with van der Waals surface area (Å²) in [5, 5.41) is 78.7. The van der Waals surface area contributed by atoms with E-state index in [1.54, 1.807) is 27.7 Å². The van der Waals surface area contributed by atoms with Crippen LogP contribution in [-0.2, 0) is 66.5 Å². The fourth-order valence-corrected chi connectivity index (χ4v) is 9.50. The van der Waals surface area contributed by atoms with Gasteiger partial charge in [-0.15, -0.1) is 0 Å². The third-order valence-electron chi connectivity index (χ3n) is 14.1. The van der Waals surface area contributed by atoms with Crippen LogP contribution in [0.5, 0.6) is 0 Å². The summed E-state index contributed by atoms with van der Waals surface area (Å²) in [6.45, 7) is 11.1. The van der Waals surface area contributed by atoms with Gasteiger partial charge in [-0.3, -0.25) is 14.4 Å². The highest BCUT2D eigenvalue weighted by atomic mass is 16.8. The molecule has 70 heavy (non-hydrogen) atoms. The van der Waals surface area contributed by atoms with Crippen LogP contribution < -0.4 is 0 Å². The molecular weight excluding hydrogens is 925 g/mol. The van der Waals surface area contributed by atoms with Gasteiger partial charge in [-0.25, -0.2) is 0 Å². The maximum absolute atomic E-state index is 13.9. The van der Waals surface area contributed by atoms with Crippen molar-refractivity contribution in [2.24, 2.45) is 5.92 Å². The normalized spacial score (nSPS) is 42.4. The largest absolute Gasteiger partial charge is 0.457 e. The van der Waals surface area contributed by atoms with E-state index in [2.05, 4.69) is 6.92 Å². The Bertz CT molecular complexity index is 1570. The van der Waals surface area contributed by atoms with Crippen molar-refractivity contribution in [3.63, 3.8) is 0 Å². The maximum Gasteiger partial charge on any atom is 0.309 e. The summed E-state index contributed by atoms with van der Waals surface area (Å²) in [5.41, 5.74) is 0. The van der Waals surface area contributed by atoms with Crippen molar-refractivity contribution in [3.05, 3.63) is 0 Å². The summed E-state index contributed by atoms with van der Waals surface area (Å²) < 4.78 is 68.1. The first-order chi connectivity index (χ1) is 33.4. The topological polar surface area (TPSA) is 294 Å². The Morgan fingerprint density at radius 1 is 0.614 bits per heavy atom. The molecule has 0 aromatic carbocycles. The highest BCUT2D eigenvalue weighted by Gasteiger charge is 2.57. The third-order valence-corrected chi connectivity index (χ3v) is 14.1. The summed E-state index contributed by atoms with van der Waals surface area (Å²) >= 11 is 0. The molecule has 22 atom stereocenters. The number of carbonyl (C=O) groups excluding carboxylic acids is 3. The second-order valence-electron chi connectivity index (χ2n) is 19.7. The molecule has 21 nitrogen and oxygen atoms in total. The Kier molecular flexibility index (Phi) is 23.9. The van der Waals surface area contributed by atoms with Gasteiger partial charge in [0.05, 0.1) is 36.9 Å². The predicted octanol–water partition coefficient (Wildman–Crippen LogP) is 2.33. The second kappa shape index (κ2) is 28.5. The summed E-state index contributed by atoms with van der Waals surface area (Å²) in [5.74, 6) is -2.54. The Morgan fingerprint density at radius 3 is 1.89 bits per heavy atom. The molecule has 0 aromatic rings. The summed E-state index contributed by atoms with van der Waals surface area (Å²) in [7, 11) is 0. The zero-order chi connectivity index (χ0) is 51.2. The van der Waals surface area contributed by atoms with Crippen molar-refractivity contribution < 1.29 is 102 Å². The number of unbranched alkanes of at least 4 members (excludes halogenated alkanes) is 2. The number of ether oxygens (including phenoxy) is 11. The molecule has 5 fully saturated rings. The van der Waals surface area contributed by atoms with E-state index in [-0.39, 0.29) is 18.9 Å². The van der Waals surface area contributed by atoms with Gasteiger partial charge in [0.15, 0.2) is 43.5 Å². The van der Waals surface area contributed by atoms with E-state index in [0.717, 1.165) is 51.4 Å². The van der Waals surface area contributed by atoms with Crippen molar-refractivity contribution in [2.45, 2.75) is 280 Å². The molecule has 7 N–H and O–H groups in total. The first-order valence-electron chi connectivity index (χ1n) is 26.0. The molecule has 2 unspecified atom stereocenters. The van der Waals surface area contributed by atoms with Gasteiger partial charge in [0.2, 0.25) is 0 Å². The Hall–Kier alpha value is -2.19. The molecule has 0 amide bonds. The lowest BCUT2D eigenvalue weighted by atomic mass is 9.95. The highest BCUT2D eigenvalue weighted by molar-refractivity contribution is 5.72. The van der Waals surface area contributed by atoms with Crippen LogP contribution in [0.3, 0.4) is 0 Å². The molecule has 5 saturated heterocycles. The van der Waals surface area contributed by atoms with Crippen molar-refractivity contribution in [2.75, 3.05) is 6.61 Å². The fourth-order valence-electron chi connectivity index (χ4n) is 9.50. The van der Waals surface area contributed by atoms with Crippen LogP contribution in [0.15, 0.2) is 0 Å². The monoisotopic (exact) mass is 1010 g/mol. The van der Waals surface area contributed by atoms with Gasteiger partial charge in [-0.2, -0.15) is 0 Å². The van der Waals surface area contributed by atoms with Gasteiger partial charge in [0, 0.05) is 12.8 Å². The summed E-state index contributed by atoms with van der Waals surface area (Å²) in [6, 6.07) is 0. The minimum atomic E-state index is -1.91. The molecule has 406 valence electrons. The van der Waals surface area contributed by atoms with Crippen molar-refractivity contribution >= 4 is 17.9 Å². The Labute approximate surface area is 412 Å². The van der Waals surface area contributed by atoms with E-state index >= 15 is 0 Å². The van der Waals surface area contributed by atoms with Crippen LogP contribution in [0.2, 0.25) is 0 Å². The lowest BCUT2D eigenvalue weighted by Gasteiger charge is -2.50. The quantitative estimate of drug-likeness (QED) is 0.0791. The Balaban J connectivity index is 1.53. The van der Waals surface area contributed by atoms with E-state index in [4.69, 9.17) is 52.1 Å². The molecule has 0 saturated carbocycles. The first kappa shape index (κ1) is 58.7. The minimum absolute atomic E-state index is 0.0326. The molecule has 5 aliphatic rings. The average molecular weight is 1010 g/mol. The average Bonchev–Trinajstić information content (AvgIpc) is 3.32. The van der Waals surface area contributed by atoms with Crippen LogP contribution in [0, 0.1) is 5.92 Å². The molecule has 0 radical (unpaired) electrons. The van der Waals surface area contributed by atoms with E-state index < -0.39 is 153 Å². The molecule has 0 aliphatic carbocycles. The number of hydrogen-bond donors (Lipinski definition) is 7. The number of fused-ring (bicyclic) bond motifs is 4. The fraction of sp³-hybridized carbons (Fsp3) is 0.939. The highest BCUT2D eigenvalue weighted by Crippen LogP contribution is 2.38. The van der Waals surface area contributed by atoms with Gasteiger partial charge in [0.1, 0.15) is 61.0 Å². The number of hydrogen-bond acceptors (Lipinski definition) is 21. The molecule has 5 rings (SSSR count). The van der Waals surface area contributed by atoms with Crippen molar-refractivity contribution in [1.82, 2.24) is 0 Å². The first-order valence-corrected chi connectivity index (χ1v) is 26.0. The van der Waals surface area contributed by atoms with Gasteiger partial charge in [-0.05, 0) is 52.9 Å². The minimum Gasteiger partial charge on any atom is -0.457 e. The van der Waals surface area contributed by atoms with Crippen molar-refractivity contribution in [3.8, 4) is 0 Å². The van der Waals surface area contributed by atoms with Crippen LogP contribution in [0.25, 0.3) is 0 Å². The number of aliphatic hydroxyl groups excluding tert-OH is 7. The van der Waals surface area contributed by atoms with E-state index in [0.29, 0.717) is 38.5 Å². The van der Waals surface area contributed by atoms with Crippen LogP contribution in [0.4, 0.5) is 0 Å². The maximum atomic E-state index is 13.9. The van der Waals surface area contributed by atoms with Crippen LogP contribution in [0.1, 0.15) is 151 Å². The predicted molar refractivity (Wildman–Crippen MR) is 244 cm³/mol. The third kappa shape index (κ3) is 15.4. The van der Waals surface area contributed by atoms with Crippen molar-refractivity contribution in [1.29, 1.82) is 0 Å². The van der Waals surface area contributed by atoms with Crippen LogP contribution in [-0.4, -0.2) is 189 Å². The number of aliphatic hydroxyl groups is 7. The second-order valence-corrected chi connectivity index (χ2v) is 19.7. The molecule has 5 heterocycles. The number of rotatable bonds is 13. The summed E-state index contributed by atoms with van der Waals surface area (Å²) in [6.07, 6.45) is -20.2. The van der Waals surface area contributed by atoms with E-state index in [1.807, 2.05) is 0 Å². The van der Waals surface area contributed by atoms with E-state index in [9.17, 15) is 50.1 Å². The van der Waals surface area contributed by atoms with Gasteiger partial charge >= 0.3 is 17.9 Å². The van der Waals surface area contributed by atoms with Gasteiger partial charge in [-0.1, -0.05) is 85.5 Å². The molecule has 5 aliphatic heterocycles. The molecule has 0 spiro atoms. The standard InChI is InChI=1S/C49H84O21/c1-8-11-17-21-29-22-18-15-13-12-14-16-19-23-32(52)65-43-40(68-46-38(58)37(57)39(27(6)61-46)67-45(59)25(4)10-3)28(7)62-49(44(43)66-31(51)20-9-2)70-42-36(56)34(54)30(24-50)64-48(42)69-41-35(55)33(53)26(5)60-47(41)63-29/h25-30,33-44,46-50,53-58H,8-24H2,1-7H3/t25?,26-,27-,28+,29?,30-,33-,34-,35+,36+,37-,38-,39-,40+,41-,42-,43-,44-,46+,47+,48+,49+/m1/s1. The van der Waals surface area contributed by atoms with E-state index in [1.165, 1.54) is 13.8 Å². The summed E-state index contributed by atoms with van der Waals surface area (Å²) in [4.78, 5) is 40.1. The lowest BCUT2D eigenvalue weighted by molar-refractivity contribution is -0.399. The zero-order valence-electron chi connectivity index (χ0n) is 42.1. The number of carbonyl (C=O) groups is 3. The number of esters is 3. The molecular formula is C49H84O21. The zero-order valence-corrected chi connectivity index (χ0v) is 42.1. The van der Waals surface area contributed by atoms with Gasteiger partial charge in [0.25, 0.3) is 0 Å². The molecule has 0 aromatic heterocycles. The van der Waals surface area contributed by atoms with Gasteiger partial charge < -0.3 is 87.9 Å².